The number of phosphoric acid groups is 2. The third-order valence-corrected chi connectivity index (χ3v) is 17.7. The van der Waals surface area contributed by atoms with Gasteiger partial charge in [-0.1, -0.05) is 278 Å². The van der Waals surface area contributed by atoms with Crippen LogP contribution >= 0.6 is 15.6 Å². The number of allylic oxidation sites excluding steroid dienone is 4. The Hall–Kier alpha value is -2.46. The molecule has 0 amide bonds. The number of carbonyl (C=O) groups is 4. The van der Waals surface area contributed by atoms with Crippen LogP contribution in [-0.2, 0) is 65.4 Å². The van der Waals surface area contributed by atoms with Gasteiger partial charge in [0, 0.05) is 25.7 Å². The van der Waals surface area contributed by atoms with E-state index in [1.54, 1.807) is 0 Å². The highest BCUT2D eigenvalue weighted by Crippen LogP contribution is 2.45. The molecule has 0 radical (unpaired) electrons. The first-order chi connectivity index (χ1) is 43.2. The summed E-state index contributed by atoms with van der Waals surface area (Å²) < 4.78 is 68.2. The zero-order chi connectivity index (χ0) is 66.6. The van der Waals surface area contributed by atoms with E-state index < -0.39 is 97.5 Å². The van der Waals surface area contributed by atoms with Gasteiger partial charge in [-0.2, -0.15) is 0 Å². The molecule has 0 aliphatic carbocycles. The van der Waals surface area contributed by atoms with Gasteiger partial charge in [0.1, 0.15) is 19.3 Å². The van der Waals surface area contributed by atoms with Crippen molar-refractivity contribution in [3.05, 3.63) is 24.3 Å². The molecule has 0 fully saturated rings. The minimum atomic E-state index is -4.96. The number of unbranched alkanes of at least 4 members (excludes halogenated alkanes) is 32. The predicted octanol–water partition coefficient (Wildman–Crippen LogP) is 19.8. The lowest BCUT2D eigenvalue weighted by Gasteiger charge is -2.21. The summed E-state index contributed by atoms with van der Waals surface area (Å²) in [5.41, 5.74) is 0. The van der Waals surface area contributed by atoms with Gasteiger partial charge in [0.2, 0.25) is 0 Å². The Morgan fingerprint density at radius 1 is 0.344 bits per heavy atom. The quantitative estimate of drug-likeness (QED) is 0.0169. The van der Waals surface area contributed by atoms with Crippen LogP contribution in [0.15, 0.2) is 24.3 Å². The molecular formula is C71H134O17P2. The molecule has 2 unspecified atom stereocenters. The van der Waals surface area contributed by atoms with Crippen LogP contribution in [0.25, 0.3) is 0 Å². The fourth-order valence-corrected chi connectivity index (χ4v) is 11.8. The summed E-state index contributed by atoms with van der Waals surface area (Å²) in [5, 5.41) is 10.6. The van der Waals surface area contributed by atoms with Gasteiger partial charge in [-0.15, -0.1) is 0 Å². The molecule has 5 atom stereocenters. The number of hydrogen-bond acceptors (Lipinski definition) is 15. The number of phosphoric ester groups is 2. The maximum Gasteiger partial charge on any atom is 0.472 e. The zero-order valence-electron chi connectivity index (χ0n) is 58.1. The minimum Gasteiger partial charge on any atom is -0.462 e. The highest BCUT2D eigenvalue weighted by molar-refractivity contribution is 7.47. The molecule has 0 rings (SSSR count). The number of rotatable bonds is 67. The van der Waals surface area contributed by atoms with Crippen LogP contribution in [0.3, 0.4) is 0 Å². The number of aliphatic hydroxyl groups is 1. The second kappa shape index (κ2) is 61.4. The standard InChI is InChI=1S/C71H134O17P2/c1-8-9-10-11-12-13-14-15-16-19-22-25-30-38-45-52-68(73)81-58-66(87-70(75)54-47-40-31-26-23-20-17-18-21-24-28-35-42-49-62(2)3)60-85-89(77,78)83-56-65(72)57-84-90(79,80)86-61-67(59-82-69(74)53-46-39-34-33-37-44-51-64(6)7)88-71(76)55-48-41-32-27-29-36-43-50-63(4)5/h13-16,62-67,72H,8-12,17-61H2,1-7H3,(H,77,78)(H,79,80)/b14-13-,16-15-/t65-,66-,67-/m1/s1. The van der Waals surface area contributed by atoms with E-state index in [0.717, 1.165) is 121 Å². The molecule has 0 heterocycles. The summed E-state index contributed by atoms with van der Waals surface area (Å²) in [6, 6.07) is 0. The van der Waals surface area contributed by atoms with Crippen LogP contribution in [0.5, 0.6) is 0 Å². The lowest BCUT2D eigenvalue weighted by atomic mass is 10.0. The molecule has 3 N–H and O–H groups in total. The smallest absolute Gasteiger partial charge is 0.462 e. The molecule has 0 saturated heterocycles. The second-order valence-electron chi connectivity index (χ2n) is 26.4. The van der Waals surface area contributed by atoms with E-state index in [0.29, 0.717) is 37.5 Å². The van der Waals surface area contributed by atoms with Crippen LogP contribution in [-0.4, -0.2) is 96.7 Å². The Morgan fingerprint density at radius 3 is 0.900 bits per heavy atom. The van der Waals surface area contributed by atoms with Crippen molar-refractivity contribution in [3.63, 3.8) is 0 Å². The summed E-state index contributed by atoms with van der Waals surface area (Å²) in [7, 11) is -9.91. The highest BCUT2D eigenvalue weighted by atomic mass is 31.2. The molecule has 0 aromatic carbocycles. The van der Waals surface area contributed by atoms with Gasteiger partial charge < -0.3 is 33.8 Å². The summed E-state index contributed by atoms with van der Waals surface area (Å²) in [4.78, 5) is 72.5. The first-order valence-electron chi connectivity index (χ1n) is 36.2. The van der Waals surface area contributed by atoms with E-state index in [1.165, 1.54) is 116 Å². The molecule has 0 saturated carbocycles. The molecule has 0 aliphatic heterocycles. The van der Waals surface area contributed by atoms with Gasteiger partial charge in [0.05, 0.1) is 26.4 Å². The van der Waals surface area contributed by atoms with Crippen molar-refractivity contribution in [1.82, 2.24) is 0 Å². The van der Waals surface area contributed by atoms with Gasteiger partial charge in [-0.05, 0) is 69.1 Å². The van der Waals surface area contributed by atoms with Crippen LogP contribution < -0.4 is 0 Å². The number of hydrogen-bond donors (Lipinski definition) is 3. The first-order valence-corrected chi connectivity index (χ1v) is 39.2. The van der Waals surface area contributed by atoms with Crippen molar-refractivity contribution in [2.24, 2.45) is 17.8 Å². The Kier molecular flexibility index (Phi) is 59.7. The Morgan fingerprint density at radius 2 is 0.600 bits per heavy atom. The normalized spacial score (nSPS) is 14.4. The SMILES string of the molecule is CCCCCC/C=C\C=C/CCCCCCCC(=O)OC[C@H](COP(=O)(O)OC[C@@H](O)COP(=O)(O)OC[C@@H](COC(=O)CCCCCCCCC(C)C)OC(=O)CCCCCCCCCC(C)C)OC(=O)CCCCCCCCCCCCCCCC(C)C. The average Bonchev–Trinajstić information content (AvgIpc) is 2.91. The van der Waals surface area contributed by atoms with E-state index in [2.05, 4.69) is 72.8 Å². The topological polar surface area (TPSA) is 237 Å². The monoisotopic (exact) mass is 1320 g/mol. The molecule has 0 aromatic rings. The summed E-state index contributed by atoms with van der Waals surface area (Å²) in [6.45, 7) is 11.6. The van der Waals surface area contributed by atoms with Crippen molar-refractivity contribution in [3.8, 4) is 0 Å². The van der Waals surface area contributed by atoms with Crippen molar-refractivity contribution in [1.29, 1.82) is 0 Å². The third-order valence-electron chi connectivity index (χ3n) is 15.8. The second-order valence-corrected chi connectivity index (χ2v) is 29.3. The molecule has 530 valence electrons. The number of carbonyl (C=O) groups excluding carboxylic acids is 4. The summed E-state index contributed by atoms with van der Waals surface area (Å²) in [6.07, 6.45) is 48.3. The minimum absolute atomic E-state index is 0.0996. The van der Waals surface area contributed by atoms with E-state index >= 15 is 0 Å². The van der Waals surface area contributed by atoms with Crippen LogP contribution in [0.4, 0.5) is 0 Å². The number of esters is 4. The van der Waals surface area contributed by atoms with Crippen LogP contribution in [0.2, 0.25) is 0 Å². The Bertz CT molecular complexity index is 1860. The molecule has 0 spiro atoms. The van der Waals surface area contributed by atoms with Gasteiger partial charge in [-0.3, -0.25) is 37.3 Å². The van der Waals surface area contributed by atoms with Crippen molar-refractivity contribution < 1.29 is 80.2 Å². The van der Waals surface area contributed by atoms with Gasteiger partial charge in [0.25, 0.3) is 0 Å². The molecular weight excluding hydrogens is 1190 g/mol. The summed E-state index contributed by atoms with van der Waals surface area (Å²) in [5.74, 6) is -0.00379. The van der Waals surface area contributed by atoms with E-state index in [1.807, 2.05) is 0 Å². The Labute approximate surface area is 548 Å². The molecule has 90 heavy (non-hydrogen) atoms. The lowest BCUT2D eigenvalue weighted by Crippen LogP contribution is -2.30. The van der Waals surface area contributed by atoms with E-state index in [9.17, 15) is 43.2 Å². The van der Waals surface area contributed by atoms with E-state index in [-0.39, 0.29) is 25.7 Å². The number of aliphatic hydroxyl groups excluding tert-OH is 1. The molecule has 0 aliphatic rings. The zero-order valence-corrected chi connectivity index (χ0v) is 59.9. The average molecular weight is 1320 g/mol. The first kappa shape index (κ1) is 87.5. The molecule has 0 aromatic heterocycles. The van der Waals surface area contributed by atoms with Crippen molar-refractivity contribution in [2.45, 2.75) is 349 Å². The summed E-state index contributed by atoms with van der Waals surface area (Å²) >= 11 is 0. The lowest BCUT2D eigenvalue weighted by molar-refractivity contribution is -0.161. The van der Waals surface area contributed by atoms with Gasteiger partial charge in [0.15, 0.2) is 12.2 Å². The van der Waals surface area contributed by atoms with Crippen molar-refractivity contribution >= 4 is 39.5 Å². The van der Waals surface area contributed by atoms with Gasteiger partial charge >= 0.3 is 39.5 Å². The van der Waals surface area contributed by atoms with Crippen LogP contribution in [0, 0.1) is 17.8 Å². The third kappa shape index (κ3) is 64.3. The van der Waals surface area contributed by atoms with Crippen LogP contribution in [0.1, 0.15) is 331 Å². The van der Waals surface area contributed by atoms with Crippen molar-refractivity contribution in [2.75, 3.05) is 39.6 Å². The maximum absolute atomic E-state index is 13.0. The number of ether oxygens (including phenoxy) is 4. The Balaban J connectivity index is 5.27. The van der Waals surface area contributed by atoms with E-state index in [4.69, 9.17) is 37.0 Å². The van der Waals surface area contributed by atoms with Gasteiger partial charge in [-0.25, -0.2) is 9.13 Å². The molecule has 0 bridgehead atoms. The fourth-order valence-electron chi connectivity index (χ4n) is 10.2. The maximum atomic E-state index is 13.0. The largest absolute Gasteiger partial charge is 0.472 e. The highest BCUT2D eigenvalue weighted by Gasteiger charge is 2.30. The fraction of sp³-hybridized carbons (Fsp3) is 0.887. The predicted molar refractivity (Wildman–Crippen MR) is 363 cm³/mol. The molecule has 19 heteroatoms. The molecule has 17 nitrogen and oxygen atoms in total.